The highest BCUT2D eigenvalue weighted by Gasteiger charge is 2.12. The molecule has 0 bridgehead atoms. The van der Waals surface area contributed by atoms with E-state index in [0.717, 1.165) is 32.1 Å². The minimum atomic E-state index is 0.472. The highest BCUT2D eigenvalue weighted by Crippen LogP contribution is 2.29. The van der Waals surface area contributed by atoms with E-state index in [-0.39, 0.29) is 0 Å². The van der Waals surface area contributed by atoms with Gasteiger partial charge in [0.15, 0.2) is 0 Å². The largest absolute Gasteiger partial charge is 0.369 e. The van der Waals surface area contributed by atoms with Gasteiger partial charge in [0.05, 0.1) is 22.2 Å². The predicted octanol–water partition coefficient (Wildman–Crippen LogP) is 3.92. The third kappa shape index (κ3) is 1.89. The number of anilines is 1. The number of hydrogen-bond donors (Lipinski definition) is 1. The second-order valence-corrected chi connectivity index (χ2v) is 5.70. The average molecular weight is 339 g/mol. The Labute approximate surface area is 129 Å². The number of halogens is 1. The maximum atomic E-state index is 6.14. The predicted molar refractivity (Wildman–Crippen MR) is 88.5 cm³/mol. The van der Waals surface area contributed by atoms with E-state index in [9.17, 15) is 0 Å². The fraction of sp³-hybridized carbons (Fsp3) is 0. The molecule has 2 aromatic heterocycles. The summed E-state index contributed by atoms with van der Waals surface area (Å²) in [5.74, 6) is 0.472. The summed E-state index contributed by atoms with van der Waals surface area (Å²) < 4.78 is 2.96. The Kier molecular flexibility index (Phi) is 2.68. The van der Waals surface area contributed by atoms with Crippen LogP contribution >= 0.6 is 15.9 Å². The molecule has 0 atom stereocenters. The molecule has 0 spiro atoms. The molecule has 0 saturated heterocycles. The Morgan fingerprint density at radius 1 is 1.00 bits per heavy atom. The number of aromatic nitrogens is 3. The van der Waals surface area contributed by atoms with E-state index in [4.69, 9.17) is 5.73 Å². The summed E-state index contributed by atoms with van der Waals surface area (Å²) in [5, 5.41) is 1.05. The van der Waals surface area contributed by atoms with Crippen molar-refractivity contribution in [3.05, 3.63) is 59.2 Å². The summed E-state index contributed by atoms with van der Waals surface area (Å²) in [6.45, 7) is 0. The highest BCUT2D eigenvalue weighted by molar-refractivity contribution is 9.10. The molecule has 5 heteroatoms. The first-order valence-electron chi connectivity index (χ1n) is 6.51. The Hall–Kier alpha value is -2.40. The van der Waals surface area contributed by atoms with Crippen LogP contribution in [0.25, 0.3) is 27.6 Å². The zero-order valence-electron chi connectivity index (χ0n) is 11.0. The normalized spacial score (nSPS) is 11.3. The molecule has 0 aliphatic carbocycles. The van der Waals surface area contributed by atoms with Gasteiger partial charge in [-0.15, -0.1) is 0 Å². The van der Waals surface area contributed by atoms with Gasteiger partial charge in [0.1, 0.15) is 0 Å². The summed E-state index contributed by atoms with van der Waals surface area (Å²) in [6.07, 6.45) is 1.79. The van der Waals surface area contributed by atoms with Crippen LogP contribution in [0.1, 0.15) is 0 Å². The van der Waals surface area contributed by atoms with Gasteiger partial charge in [0, 0.05) is 16.1 Å². The van der Waals surface area contributed by atoms with Gasteiger partial charge in [-0.25, -0.2) is 4.98 Å². The van der Waals surface area contributed by atoms with Crippen LogP contribution in [-0.2, 0) is 0 Å². The molecule has 4 aromatic rings. The monoisotopic (exact) mass is 338 g/mol. The summed E-state index contributed by atoms with van der Waals surface area (Å²) in [7, 11) is 0. The summed E-state index contributed by atoms with van der Waals surface area (Å²) in [5.41, 5.74) is 9.91. The van der Waals surface area contributed by atoms with Crippen molar-refractivity contribution in [2.24, 2.45) is 0 Å². The van der Waals surface area contributed by atoms with E-state index < -0.39 is 0 Å². The maximum Gasteiger partial charge on any atom is 0.205 e. The third-order valence-corrected chi connectivity index (χ3v) is 4.00. The number of hydrogen-bond acceptors (Lipinski definition) is 3. The zero-order chi connectivity index (χ0) is 14.4. The lowest BCUT2D eigenvalue weighted by Crippen LogP contribution is -2.01. The van der Waals surface area contributed by atoms with Crippen molar-refractivity contribution < 1.29 is 0 Å². The van der Waals surface area contributed by atoms with Crippen molar-refractivity contribution >= 4 is 43.8 Å². The Morgan fingerprint density at radius 2 is 1.90 bits per heavy atom. The molecule has 0 amide bonds. The van der Waals surface area contributed by atoms with Crippen molar-refractivity contribution in [2.45, 2.75) is 0 Å². The lowest BCUT2D eigenvalue weighted by Gasteiger charge is -2.10. The van der Waals surface area contributed by atoms with Crippen molar-refractivity contribution in [1.82, 2.24) is 14.5 Å². The molecule has 0 aliphatic heterocycles. The Balaban J connectivity index is 2.14. The second kappa shape index (κ2) is 4.56. The molecule has 4 rings (SSSR count). The molecule has 0 fully saturated rings. The van der Waals surface area contributed by atoms with E-state index in [1.807, 2.05) is 53.1 Å². The van der Waals surface area contributed by atoms with E-state index in [1.54, 1.807) is 6.20 Å². The first kappa shape index (κ1) is 12.3. The maximum absolute atomic E-state index is 6.14. The lowest BCUT2D eigenvalue weighted by atomic mass is 10.1. The van der Waals surface area contributed by atoms with E-state index in [1.165, 1.54) is 0 Å². The molecule has 2 heterocycles. The number of rotatable bonds is 1. The molecule has 4 nitrogen and oxygen atoms in total. The van der Waals surface area contributed by atoms with Gasteiger partial charge >= 0.3 is 0 Å². The summed E-state index contributed by atoms with van der Waals surface area (Å²) in [4.78, 5) is 8.83. The molecule has 21 heavy (non-hydrogen) atoms. The molecular formula is C16H11BrN4. The number of benzene rings is 2. The number of imidazole rings is 1. The molecule has 0 radical (unpaired) electrons. The van der Waals surface area contributed by atoms with Crippen molar-refractivity contribution in [3.8, 4) is 5.69 Å². The number of nitrogens with zero attached hydrogens (tertiary/aromatic N) is 3. The van der Waals surface area contributed by atoms with Gasteiger partial charge in [-0.1, -0.05) is 22.0 Å². The molecule has 0 aliphatic rings. The lowest BCUT2D eigenvalue weighted by molar-refractivity contribution is 1.12. The van der Waals surface area contributed by atoms with Gasteiger partial charge in [-0.2, -0.15) is 0 Å². The number of pyridine rings is 1. The van der Waals surface area contributed by atoms with Crippen LogP contribution in [0.4, 0.5) is 5.95 Å². The smallest absolute Gasteiger partial charge is 0.205 e. The minimum Gasteiger partial charge on any atom is -0.369 e. The Bertz CT molecular complexity index is 969. The second-order valence-electron chi connectivity index (χ2n) is 4.79. The van der Waals surface area contributed by atoms with Crippen LogP contribution in [0.5, 0.6) is 0 Å². The molecule has 102 valence electrons. The van der Waals surface area contributed by atoms with Crippen LogP contribution in [0.2, 0.25) is 0 Å². The highest BCUT2D eigenvalue weighted by atomic mass is 79.9. The average Bonchev–Trinajstić information content (AvgIpc) is 2.82. The van der Waals surface area contributed by atoms with Crippen LogP contribution in [0.3, 0.4) is 0 Å². The van der Waals surface area contributed by atoms with Gasteiger partial charge in [0.2, 0.25) is 5.95 Å². The fourth-order valence-electron chi connectivity index (χ4n) is 2.60. The first-order chi connectivity index (χ1) is 10.2. The molecule has 0 unspecified atom stereocenters. The molecule has 2 N–H and O–H groups in total. The van der Waals surface area contributed by atoms with Crippen molar-refractivity contribution in [1.29, 1.82) is 0 Å². The van der Waals surface area contributed by atoms with Gasteiger partial charge in [0.25, 0.3) is 0 Å². The van der Waals surface area contributed by atoms with Crippen LogP contribution < -0.4 is 5.73 Å². The van der Waals surface area contributed by atoms with Gasteiger partial charge in [-0.05, 0) is 42.5 Å². The van der Waals surface area contributed by atoms with Gasteiger partial charge in [-0.3, -0.25) is 9.55 Å². The number of nitrogen functional groups attached to an aromatic ring is 1. The third-order valence-electron chi connectivity index (χ3n) is 3.51. The van der Waals surface area contributed by atoms with Crippen LogP contribution in [-0.4, -0.2) is 14.5 Å². The van der Waals surface area contributed by atoms with Crippen LogP contribution in [0.15, 0.2) is 59.2 Å². The molecule has 0 saturated carbocycles. The number of nitrogens with two attached hydrogens (primary N) is 1. The first-order valence-corrected chi connectivity index (χ1v) is 7.31. The van der Waals surface area contributed by atoms with Crippen molar-refractivity contribution in [2.75, 3.05) is 5.73 Å². The van der Waals surface area contributed by atoms with E-state index in [0.29, 0.717) is 5.95 Å². The summed E-state index contributed by atoms with van der Waals surface area (Å²) in [6, 6.07) is 15.9. The Morgan fingerprint density at radius 3 is 2.81 bits per heavy atom. The summed E-state index contributed by atoms with van der Waals surface area (Å²) >= 11 is 3.50. The SMILES string of the molecule is Nc1nc2ccc(Br)cc2n1-c1cccc2ncccc12. The minimum absolute atomic E-state index is 0.472. The number of fused-ring (bicyclic) bond motifs is 2. The van der Waals surface area contributed by atoms with E-state index >= 15 is 0 Å². The fourth-order valence-corrected chi connectivity index (χ4v) is 2.95. The molecule has 2 aromatic carbocycles. The zero-order valence-corrected chi connectivity index (χ0v) is 12.6. The molecular weight excluding hydrogens is 328 g/mol. The van der Waals surface area contributed by atoms with Crippen molar-refractivity contribution in [3.63, 3.8) is 0 Å². The topological polar surface area (TPSA) is 56.7 Å². The van der Waals surface area contributed by atoms with Crippen LogP contribution in [0, 0.1) is 0 Å². The quantitative estimate of drug-likeness (QED) is 0.572. The van der Waals surface area contributed by atoms with E-state index in [2.05, 4.69) is 25.9 Å². The van der Waals surface area contributed by atoms with Gasteiger partial charge < -0.3 is 5.73 Å². The standard InChI is InChI=1S/C16H11BrN4/c17-10-6-7-13-15(9-10)21(16(18)20-13)14-5-1-4-12-11(14)3-2-8-19-12/h1-9H,(H2,18,20).